The third-order valence-corrected chi connectivity index (χ3v) is 3.40. The van der Waals surface area contributed by atoms with Crippen molar-refractivity contribution in [1.29, 1.82) is 0 Å². The number of pyridine rings is 1. The van der Waals surface area contributed by atoms with E-state index in [2.05, 4.69) is 24.1 Å². The van der Waals surface area contributed by atoms with Gasteiger partial charge in [-0.1, -0.05) is 51.1 Å². The van der Waals surface area contributed by atoms with E-state index in [9.17, 15) is 0 Å². The van der Waals surface area contributed by atoms with E-state index in [0.29, 0.717) is 0 Å². The highest BCUT2D eigenvalue weighted by Gasteiger charge is 1.98. The van der Waals surface area contributed by atoms with Crippen LogP contribution in [0, 0.1) is 5.92 Å². The van der Waals surface area contributed by atoms with Gasteiger partial charge >= 0.3 is 0 Å². The zero-order valence-electron chi connectivity index (χ0n) is 11.6. The SMILES string of the molecule is CC(C)CCCCCCNCc1ccncc1Cl. The van der Waals surface area contributed by atoms with Gasteiger partial charge < -0.3 is 5.32 Å². The molecule has 0 atom stereocenters. The zero-order chi connectivity index (χ0) is 13.2. The Balaban J connectivity index is 1.98. The van der Waals surface area contributed by atoms with E-state index in [1.807, 2.05) is 6.07 Å². The number of hydrogen-bond acceptors (Lipinski definition) is 2. The van der Waals surface area contributed by atoms with Crippen LogP contribution in [0.1, 0.15) is 51.5 Å². The Morgan fingerprint density at radius 2 is 2.00 bits per heavy atom. The molecule has 0 unspecified atom stereocenters. The lowest BCUT2D eigenvalue weighted by Crippen LogP contribution is -2.14. The first-order chi connectivity index (χ1) is 8.70. The minimum absolute atomic E-state index is 0.752. The summed E-state index contributed by atoms with van der Waals surface area (Å²) in [6, 6.07) is 1.97. The highest BCUT2D eigenvalue weighted by atomic mass is 35.5. The molecule has 0 aliphatic rings. The lowest BCUT2D eigenvalue weighted by molar-refractivity contribution is 0.512. The summed E-state index contributed by atoms with van der Waals surface area (Å²) in [7, 11) is 0. The van der Waals surface area contributed by atoms with Crippen molar-refractivity contribution in [3.05, 3.63) is 29.0 Å². The van der Waals surface area contributed by atoms with E-state index < -0.39 is 0 Å². The third kappa shape index (κ3) is 6.97. The van der Waals surface area contributed by atoms with Crippen molar-refractivity contribution in [3.63, 3.8) is 0 Å². The van der Waals surface area contributed by atoms with Gasteiger partial charge in [-0.2, -0.15) is 0 Å². The Labute approximate surface area is 116 Å². The van der Waals surface area contributed by atoms with Crippen LogP contribution in [0.5, 0.6) is 0 Å². The second-order valence-corrected chi connectivity index (χ2v) is 5.65. The average Bonchev–Trinajstić information content (AvgIpc) is 2.34. The van der Waals surface area contributed by atoms with Gasteiger partial charge in [-0.3, -0.25) is 4.98 Å². The fourth-order valence-corrected chi connectivity index (χ4v) is 2.11. The molecule has 1 aromatic rings. The van der Waals surface area contributed by atoms with Crippen LogP contribution in [0.4, 0.5) is 0 Å². The topological polar surface area (TPSA) is 24.9 Å². The predicted molar refractivity (Wildman–Crippen MR) is 78.9 cm³/mol. The molecule has 0 bridgehead atoms. The molecule has 3 heteroatoms. The van der Waals surface area contributed by atoms with Gasteiger partial charge in [0.15, 0.2) is 0 Å². The zero-order valence-corrected chi connectivity index (χ0v) is 12.3. The number of rotatable bonds is 9. The Kier molecular flexibility index (Phi) is 8.03. The summed E-state index contributed by atoms with van der Waals surface area (Å²) in [6.45, 7) is 6.49. The average molecular weight is 269 g/mol. The fraction of sp³-hybridized carbons (Fsp3) is 0.667. The summed E-state index contributed by atoms with van der Waals surface area (Å²) in [5, 5.41) is 4.18. The number of nitrogens with one attached hydrogen (secondary N) is 1. The summed E-state index contributed by atoms with van der Waals surface area (Å²) in [5.41, 5.74) is 1.13. The smallest absolute Gasteiger partial charge is 0.0634 e. The molecule has 0 amide bonds. The van der Waals surface area contributed by atoms with Crippen LogP contribution in [0.2, 0.25) is 5.02 Å². The van der Waals surface area contributed by atoms with Gasteiger partial charge in [0.05, 0.1) is 5.02 Å². The van der Waals surface area contributed by atoms with E-state index >= 15 is 0 Å². The minimum atomic E-state index is 0.752. The van der Waals surface area contributed by atoms with E-state index in [1.54, 1.807) is 12.4 Å². The summed E-state index contributed by atoms with van der Waals surface area (Å²) < 4.78 is 0. The molecule has 2 nitrogen and oxygen atoms in total. The highest BCUT2D eigenvalue weighted by molar-refractivity contribution is 6.31. The Bertz CT molecular complexity index is 326. The van der Waals surface area contributed by atoms with Gasteiger partial charge in [0.25, 0.3) is 0 Å². The highest BCUT2D eigenvalue weighted by Crippen LogP contribution is 2.13. The van der Waals surface area contributed by atoms with Crippen molar-refractivity contribution in [1.82, 2.24) is 10.3 Å². The number of nitrogens with zero attached hydrogens (tertiary/aromatic N) is 1. The van der Waals surface area contributed by atoms with Gasteiger partial charge in [-0.05, 0) is 30.5 Å². The van der Waals surface area contributed by atoms with Crippen molar-refractivity contribution < 1.29 is 0 Å². The molecule has 1 rings (SSSR count). The summed E-state index contributed by atoms with van der Waals surface area (Å²) in [6.07, 6.45) is 10.1. The minimum Gasteiger partial charge on any atom is -0.313 e. The molecule has 1 N–H and O–H groups in total. The first kappa shape index (κ1) is 15.5. The lowest BCUT2D eigenvalue weighted by Gasteiger charge is -2.07. The molecule has 0 aromatic carbocycles. The first-order valence-corrected chi connectivity index (χ1v) is 7.37. The van der Waals surface area contributed by atoms with Crippen LogP contribution in [0.3, 0.4) is 0 Å². The van der Waals surface area contributed by atoms with Crippen LogP contribution < -0.4 is 5.32 Å². The van der Waals surface area contributed by atoms with Gasteiger partial charge in [0.2, 0.25) is 0 Å². The lowest BCUT2D eigenvalue weighted by atomic mass is 10.0. The van der Waals surface area contributed by atoms with Crippen molar-refractivity contribution in [2.24, 2.45) is 5.92 Å². The fourth-order valence-electron chi connectivity index (χ4n) is 1.93. The van der Waals surface area contributed by atoms with E-state index in [-0.39, 0.29) is 0 Å². The van der Waals surface area contributed by atoms with Gasteiger partial charge in [-0.25, -0.2) is 0 Å². The van der Waals surface area contributed by atoms with Crippen LogP contribution in [0.15, 0.2) is 18.5 Å². The maximum atomic E-state index is 6.03. The molecule has 0 saturated carbocycles. The van der Waals surface area contributed by atoms with Crippen molar-refractivity contribution in [2.75, 3.05) is 6.54 Å². The quantitative estimate of drug-likeness (QED) is 0.670. The molecule has 0 radical (unpaired) electrons. The van der Waals surface area contributed by atoms with Crippen LogP contribution in [-0.4, -0.2) is 11.5 Å². The van der Waals surface area contributed by atoms with Crippen LogP contribution >= 0.6 is 11.6 Å². The largest absolute Gasteiger partial charge is 0.313 e. The molecule has 0 saturated heterocycles. The van der Waals surface area contributed by atoms with Crippen molar-refractivity contribution in [2.45, 2.75) is 52.5 Å². The maximum absolute atomic E-state index is 6.03. The molecular formula is C15H25ClN2. The number of unbranched alkanes of at least 4 members (excludes halogenated alkanes) is 3. The molecule has 1 aromatic heterocycles. The summed E-state index contributed by atoms with van der Waals surface area (Å²) in [5.74, 6) is 0.844. The second-order valence-electron chi connectivity index (χ2n) is 5.24. The number of aromatic nitrogens is 1. The normalized spacial score (nSPS) is 11.1. The number of hydrogen-bond donors (Lipinski definition) is 1. The number of halogens is 1. The monoisotopic (exact) mass is 268 g/mol. The molecule has 102 valence electrons. The Hall–Kier alpha value is -0.600. The standard InChI is InChI=1S/C15H25ClN2/c1-13(2)7-5-3-4-6-9-17-11-14-8-10-18-12-15(14)16/h8,10,12-13,17H,3-7,9,11H2,1-2H3. The van der Waals surface area contributed by atoms with Gasteiger partial charge in [0.1, 0.15) is 0 Å². The first-order valence-electron chi connectivity index (χ1n) is 6.99. The van der Waals surface area contributed by atoms with E-state index in [1.165, 1.54) is 32.1 Å². The predicted octanol–water partition coefficient (Wildman–Crippen LogP) is 4.43. The van der Waals surface area contributed by atoms with Gasteiger partial charge in [-0.15, -0.1) is 0 Å². The molecule has 0 spiro atoms. The molecular weight excluding hydrogens is 244 g/mol. The van der Waals surface area contributed by atoms with E-state index in [4.69, 9.17) is 11.6 Å². The van der Waals surface area contributed by atoms with Crippen molar-refractivity contribution >= 4 is 11.6 Å². The molecule has 0 fully saturated rings. The molecule has 0 aliphatic heterocycles. The van der Waals surface area contributed by atoms with Gasteiger partial charge in [0, 0.05) is 18.9 Å². The summed E-state index contributed by atoms with van der Waals surface area (Å²) >= 11 is 6.03. The molecule has 0 aliphatic carbocycles. The molecule has 18 heavy (non-hydrogen) atoms. The Morgan fingerprint density at radius 1 is 1.22 bits per heavy atom. The van der Waals surface area contributed by atoms with Crippen LogP contribution in [-0.2, 0) is 6.54 Å². The molecule has 1 heterocycles. The third-order valence-electron chi connectivity index (χ3n) is 3.06. The van der Waals surface area contributed by atoms with Crippen molar-refractivity contribution in [3.8, 4) is 0 Å². The summed E-state index contributed by atoms with van der Waals surface area (Å²) in [4.78, 5) is 3.98. The second kappa shape index (κ2) is 9.35. The maximum Gasteiger partial charge on any atom is 0.0634 e. The van der Waals surface area contributed by atoms with Crippen LogP contribution in [0.25, 0.3) is 0 Å². The Morgan fingerprint density at radius 3 is 2.72 bits per heavy atom. The van der Waals surface area contributed by atoms with E-state index in [0.717, 1.165) is 29.6 Å².